The molecule has 0 spiro atoms. The smallest absolute Gasteiger partial charge is 0.256 e. The molecule has 29 heavy (non-hydrogen) atoms. The Morgan fingerprint density at radius 3 is 2.24 bits per heavy atom. The minimum Gasteiger partial charge on any atom is -0.491 e. The van der Waals surface area contributed by atoms with E-state index in [4.69, 9.17) is 9.47 Å². The number of ether oxygens (including phenoxy) is 2. The summed E-state index contributed by atoms with van der Waals surface area (Å²) in [6.45, 7) is 15.0. The molecule has 0 saturated heterocycles. The predicted molar refractivity (Wildman–Crippen MR) is 118 cm³/mol. The number of benzene rings is 1. The van der Waals surface area contributed by atoms with Crippen LogP contribution in [0.4, 0.5) is 5.69 Å². The lowest BCUT2D eigenvalue weighted by atomic mass is 9.83. The maximum Gasteiger partial charge on any atom is 0.256 e. The highest BCUT2D eigenvalue weighted by Gasteiger charge is 2.40. The van der Waals surface area contributed by atoms with E-state index in [0.29, 0.717) is 48.3 Å². The van der Waals surface area contributed by atoms with Crippen LogP contribution in [0.1, 0.15) is 79.7 Å². The van der Waals surface area contributed by atoms with Crippen LogP contribution in [0.3, 0.4) is 0 Å². The van der Waals surface area contributed by atoms with Gasteiger partial charge < -0.3 is 14.8 Å². The molecule has 162 valence electrons. The highest BCUT2D eigenvalue weighted by molar-refractivity contribution is 5.98. The largest absolute Gasteiger partial charge is 0.491 e. The normalized spacial score (nSPS) is 12.7. The van der Waals surface area contributed by atoms with Crippen molar-refractivity contribution in [3.8, 4) is 11.8 Å². The van der Waals surface area contributed by atoms with Gasteiger partial charge in [0.05, 0.1) is 17.4 Å². The van der Waals surface area contributed by atoms with Crippen molar-refractivity contribution < 1.29 is 14.3 Å². The average molecular weight is 403 g/mol. The molecule has 1 N–H and O–H groups in total. The van der Waals surface area contributed by atoms with Crippen molar-refractivity contribution in [1.29, 1.82) is 5.26 Å². The van der Waals surface area contributed by atoms with Gasteiger partial charge in [0.15, 0.2) is 0 Å². The van der Waals surface area contributed by atoms with Crippen LogP contribution in [0, 0.1) is 23.2 Å². The predicted octanol–water partition coefficient (Wildman–Crippen LogP) is 5.93. The Labute approximate surface area is 176 Å². The van der Waals surface area contributed by atoms with Crippen molar-refractivity contribution in [2.24, 2.45) is 11.8 Å². The van der Waals surface area contributed by atoms with E-state index in [0.717, 1.165) is 12.8 Å². The number of hydrogen-bond donors (Lipinski definition) is 1. The molecule has 0 bridgehead atoms. The van der Waals surface area contributed by atoms with Crippen LogP contribution >= 0.6 is 0 Å². The molecule has 0 radical (unpaired) electrons. The maximum absolute atomic E-state index is 13.4. The Kier molecular flexibility index (Phi) is 10.2. The Bertz CT molecular complexity index is 682. The van der Waals surface area contributed by atoms with Crippen molar-refractivity contribution >= 4 is 11.6 Å². The SMILES string of the molecule is CCCOC(CC(C)C)(CC(C)C)C(=O)Nc1ccc(O[C@@H](C)CC)cc1C#N. The summed E-state index contributed by atoms with van der Waals surface area (Å²) in [4.78, 5) is 13.4. The second kappa shape index (κ2) is 11.8. The third kappa shape index (κ3) is 7.70. The van der Waals surface area contributed by atoms with E-state index in [1.54, 1.807) is 18.2 Å². The number of hydrogen-bond acceptors (Lipinski definition) is 4. The van der Waals surface area contributed by atoms with Crippen LogP contribution < -0.4 is 10.1 Å². The molecule has 0 aliphatic rings. The second-order valence-corrected chi connectivity index (χ2v) is 8.65. The number of nitrogens with one attached hydrogen (secondary N) is 1. The number of carbonyl (C=O) groups is 1. The van der Waals surface area contributed by atoms with Gasteiger partial charge >= 0.3 is 0 Å². The van der Waals surface area contributed by atoms with E-state index >= 15 is 0 Å². The van der Waals surface area contributed by atoms with Gasteiger partial charge in [0, 0.05) is 12.7 Å². The standard InChI is InChI=1S/C24H38N2O3/c1-8-12-28-24(14-17(3)4,15-18(5)6)23(27)26-22-11-10-21(13-20(22)16-25)29-19(7)9-2/h10-11,13,17-19H,8-9,12,14-15H2,1-7H3,(H,26,27)/t19-/m0/s1. The van der Waals surface area contributed by atoms with Gasteiger partial charge in [-0.2, -0.15) is 5.26 Å². The van der Waals surface area contributed by atoms with E-state index in [-0.39, 0.29) is 12.0 Å². The molecule has 1 aromatic rings. The Balaban J connectivity index is 3.18. The highest BCUT2D eigenvalue weighted by Crippen LogP contribution is 2.32. The van der Waals surface area contributed by atoms with Crippen LogP contribution in [0.15, 0.2) is 18.2 Å². The molecule has 1 atom stereocenters. The number of nitriles is 1. The van der Waals surface area contributed by atoms with Crippen molar-refractivity contribution in [1.82, 2.24) is 0 Å². The fourth-order valence-corrected chi connectivity index (χ4v) is 3.42. The lowest BCUT2D eigenvalue weighted by molar-refractivity contribution is -0.147. The molecule has 5 heteroatoms. The monoisotopic (exact) mass is 402 g/mol. The number of anilines is 1. The van der Waals surface area contributed by atoms with Gasteiger partial charge in [-0.15, -0.1) is 0 Å². The first-order valence-electron chi connectivity index (χ1n) is 10.8. The molecule has 1 amide bonds. The summed E-state index contributed by atoms with van der Waals surface area (Å²) in [6, 6.07) is 7.39. The lowest BCUT2D eigenvalue weighted by Gasteiger charge is -2.35. The van der Waals surface area contributed by atoms with Crippen LogP contribution in [0.5, 0.6) is 5.75 Å². The maximum atomic E-state index is 13.4. The number of amides is 1. The zero-order valence-electron chi connectivity index (χ0n) is 19.2. The van der Waals surface area contributed by atoms with E-state index in [1.165, 1.54) is 0 Å². The molecule has 0 aliphatic carbocycles. The Hall–Kier alpha value is -2.06. The summed E-state index contributed by atoms with van der Waals surface area (Å²) >= 11 is 0. The van der Waals surface area contributed by atoms with Crippen LogP contribution in [0.2, 0.25) is 0 Å². The molecule has 1 rings (SSSR count). The summed E-state index contributed by atoms with van der Waals surface area (Å²) in [6.07, 6.45) is 3.05. The topological polar surface area (TPSA) is 71.3 Å². The van der Waals surface area contributed by atoms with E-state index < -0.39 is 5.60 Å². The van der Waals surface area contributed by atoms with E-state index in [9.17, 15) is 10.1 Å². The highest BCUT2D eigenvalue weighted by atomic mass is 16.5. The third-order valence-corrected chi connectivity index (χ3v) is 4.74. The first kappa shape index (κ1) is 25.0. The van der Waals surface area contributed by atoms with Crippen molar-refractivity contribution in [2.75, 3.05) is 11.9 Å². The minimum absolute atomic E-state index is 0.0640. The van der Waals surface area contributed by atoms with E-state index in [1.807, 2.05) is 20.8 Å². The molecule has 0 saturated carbocycles. The van der Waals surface area contributed by atoms with Gasteiger partial charge in [-0.3, -0.25) is 4.79 Å². The molecule has 0 unspecified atom stereocenters. The number of rotatable bonds is 12. The van der Waals surface area contributed by atoms with Crippen molar-refractivity contribution in [3.63, 3.8) is 0 Å². The lowest BCUT2D eigenvalue weighted by Crippen LogP contribution is -2.48. The molecule has 1 aromatic carbocycles. The average Bonchev–Trinajstić information content (AvgIpc) is 2.66. The van der Waals surface area contributed by atoms with Gasteiger partial charge in [0.1, 0.15) is 17.4 Å². The summed E-state index contributed by atoms with van der Waals surface area (Å²) < 4.78 is 12.0. The molecule has 0 aromatic heterocycles. The fourth-order valence-electron chi connectivity index (χ4n) is 3.42. The zero-order chi connectivity index (χ0) is 22.0. The summed E-state index contributed by atoms with van der Waals surface area (Å²) in [5.41, 5.74) is -0.0274. The van der Waals surface area contributed by atoms with Crippen LogP contribution in [-0.4, -0.2) is 24.2 Å². The number of nitrogens with zero attached hydrogens (tertiary/aromatic N) is 1. The van der Waals surface area contributed by atoms with Gasteiger partial charge in [-0.1, -0.05) is 41.5 Å². The first-order valence-corrected chi connectivity index (χ1v) is 10.8. The third-order valence-electron chi connectivity index (χ3n) is 4.74. The van der Waals surface area contributed by atoms with Crippen molar-refractivity contribution in [2.45, 2.75) is 85.9 Å². The fraction of sp³-hybridized carbons (Fsp3) is 0.667. The van der Waals surface area contributed by atoms with E-state index in [2.05, 4.69) is 39.1 Å². The second-order valence-electron chi connectivity index (χ2n) is 8.65. The van der Waals surface area contributed by atoms with Crippen LogP contribution in [-0.2, 0) is 9.53 Å². The van der Waals surface area contributed by atoms with Crippen LogP contribution in [0.25, 0.3) is 0 Å². The van der Waals surface area contributed by atoms with Gasteiger partial charge in [-0.25, -0.2) is 0 Å². The quantitative estimate of drug-likeness (QED) is 0.470. The van der Waals surface area contributed by atoms with Gasteiger partial charge in [-0.05, 0) is 56.6 Å². The Morgan fingerprint density at radius 1 is 1.14 bits per heavy atom. The molecule has 5 nitrogen and oxygen atoms in total. The Morgan fingerprint density at radius 2 is 1.76 bits per heavy atom. The van der Waals surface area contributed by atoms with Crippen molar-refractivity contribution in [3.05, 3.63) is 23.8 Å². The molecule has 0 heterocycles. The summed E-state index contributed by atoms with van der Waals surface area (Å²) in [7, 11) is 0. The molecular formula is C24H38N2O3. The summed E-state index contributed by atoms with van der Waals surface area (Å²) in [5.74, 6) is 1.06. The molecular weight excluding hydrogens is 364 g/mol. The number of carbonyl (C=O) groups excluding carboxylic acids is 1. The summed E-state index contributed by atoms with van der Waals surface area (Å²) in [5, 5.41) is 12.6. The zero-order valence-corrected chi connectivity index (χ0v) is 19.2. The molecule has 0 aliphatic heterocycles. The molecule has 0 fully saturated rings. The minimum atomic E-state index is -0.906. The van der Waals surface area contributed by atoms with Gasteiger partial charge in [0.2, 0.25) is 0 Å². The van der Waals surface area contributed by atoms with Gasteiger partial charge in [0.25, 0.3) is 5.91 Å². The first-order chi connectivity index (χ1) is 13.7.